The zero-order valence-electron chi connectivity index (χ0n) is 14.2. The smallest absolute Gasteiger partial charge is 0.259 e. The standard InChI is InChI=1S/C20H15ClFN3OS/c21-18-16(9-10-27-18)20(26)23-19-15-3-1-2-4-17(15)25(24-19)12-14-7-5-13(11-22)6-8-14/h1-10H,11-12H2,(H,23,24,26). The van der Waals surface area contributed by atoms with Gasteiger partial charge in [-0.1, -0.05) is 48.0 Å². The molecule has 2 aromatic carbocycles. The molecule has 0 aliphatic carbocycles. The third kappa shape index (κ3) is 3.59. The number of halogens is 2. The number of anilines is 1. The Hall–Kier alpha value is -2.70. The van der Waals surface area contributed by atoms with Gasteiger partial charge in [0.1, 0.15) is 11.0 Å². The van der Waals surface area contributed by atoms with E-state index in [4.69, 9.17) is 11.6 Å². The molecule has 4 rings (SSSR count). The van der Waals surface area contributed by atoms with Crippen LogP contribution in [0.15, 0.2) is 60.0 Å². The third-order valence-electron chi connectivity index (χ3n) is 4.26. The van der Waals surface area contributed by atoms with Crippen molar-refractivity contribution < 1.29 is 9.18 Å². The highest BCUT2D eigenvalue weighted by Crippen LogP contribution is 2.27. The molecule has 27 heavy (non-hydrogen) atoms. The van der Waals surface area contributed by atoms with Crippen molar-refractivity contribution in [3.63, 3.8) is 0 Å². The topological polar surface area (TPSA) is 46.9 Å². The van der Waals surface area contributed by atoms with Gasteiger partial charge in [-0.05, 0) is 34.7 Å². The van der Waals surface area contributed by atoms with Gasteiger partial charge in [0.05, 0.1) is 17.6 Å². The first-order valence-corrected chi connectivity index (χ1v) is 9.55. The van der Waals surface area contributed by atoms with Crippen LogP contribution in [-0.4, -0.2) is 15.7 Å². The first-order valence-electron chi connectivity index (χ1n) is 8.29. The highest BCUT2D eigenvalue weighted by molar-refractivity contribution is 7.14. The quantitative estimate of drug-likeness (QED) is 0.480. The van der Waals surface area contributed by atoms with Crippen molar-refractivity contribution in [1.82, 2.24) is 9.78 Å². The third-order valence-corrected chi connectivity index (χ3v) is 5.43. The number of nitrogens with one attached hydrogen (secondary N) is 1. The van der Waals surface area contributed by atoms with Crippen molar-refractivity contribution in [3.05, 3.63) is 81.0 Å². The number of para-hydroxylation sites is 1. The Morgan fingerprint density at radius 2 is 1.85 bits per heavy atom. The fraction of sp³-hybridized carbons (Fsp3) is 0.100. The molecular formula is C20H15ClFN3OS. The van der Waals surface area contributed by atoms with Crippen molar-refractivity contribution in [2.45, 2.75) is 13.2 Å². The van der Waals surface area contributed by atoms with E-state index in [1.807, 2.05) is 41.1 Å². The van der Waals surface area contributed by atoms with Gasteiger partial charge in [0.25, 0.3) is 5.91 Å². The van der Waals surface area contributed by atoms with Crippen molar-refractivity contribution in [3.8, 4) is 0 Å². The number of carbonyl (C=O) groups excluding carboxylic acids is 1. The Balaban J connectivity index is 1.66. The second-order valence-electron chi connectivity index (χ2n) is 6.04. The average Bonchev–Trinajstić information content (AvgIpc) is 3.27. The van der Waals surface area contributed by atoms with E-state index in [2.05, 4.69) is 10.4 Å². The lowest BCUT2D eigenvalue weighted by atomic mass is 10.1. The zero-order chi connectivity index (χ0) is 18.8. The number of hydrogen-bond donors (Lipinski definition) is 1. The van der Waals surface area contributed by atoms with Crippen LogP contribution in [0.4, 0.5) is 10.2 Å². The summed E-state index contributed by atoms with van der Waals surface area (Å²) < 4.78 is 15.0. The number of aromatic nitrogens is 2. The average molecular weight is 400 g/mol. The Morgan fingerprint density at radius 1 is 1.11 bits per heavy atom. The summed E-state index contributed by atoms with van der Waals surface area (Å²) in [5.41, 5.74) is 2.98. The van der Waals surface area contributed by atoms with Crippen molar-refractivity contribution in [2.75, 3.05) is 5.32 Å². The van der Waals surface area contributed by atoms with Crippen molar-refractivity contribution in [1.29, 1.82) is 0 Å². The second-order valence-corrected chi connectivity index (χ2v) is 7.55. The molecule has 2 aromatic heterocycles. The van der Waals surface area contributed by atoms with E-state index >= 15 is 0 Å². The lowest BCUT2D eigenvalue weighted by Gasteiger charge is -2.04. The molecule has 0 bridgehead atoms. The van der Waals surface area contributed by atoms with E-state index in [1.165, 1.54) is 11.3 Å². The number of thiophene rings is 1. The van der Waals surface area contributed by atoms with Crippen LogP contribution in [0.5, 0.6) is 0 Å². The number of nitrogens with zero attached hydrogens (tertiary/aromatic N) is 2. The number of hydrogen-bond acceptors (Lipinski definition) is 3. The Bertz CT molecular complexity index is 1100. The highest BCUT2D eigenvalue weighted by Gasteiger charge is 2.16. The second kappa shape index (κ2) is 7.50. The first-order chi connectivity index (χ1) is 13.2. The molecule has 1 amide bonds. The van der Waals surface area contributed by atoms with E-state index < -0.39 is 6.67 Å². The molecule has 4 aromatic rings. The van der Waals surface area contributed by atoms with Crippen LogP contribution >= 0.6 is 22.9 Å². The maximum Gasteiger partial charge on any atom is 0.259 e. The van der Waals surface area contributed by atoms with E-state index in [9.17, 15) is 9.18 Å². The molecule has 0 saturated heterocycles. The molecule has 0 unspecified atom stereocenters. The summed E-state index contributed by atoms with van der Waals surface area (Å²) in [6.45, 7) is 0.0362. The lowest BCUT2D eigenvalue weighted by molar-refractivity contribution is 0.102. The van der Waals surface area contributed by atoms with Gasteiger partial charge in [0.2, 0.25) is 0 Å². The Labute approximate surface area is 164 Å². The molecule has 0 saturated carbocycles. The monoisotopic (exact) mass is 399 g/mol. The summed E-state index contributed by atoms with van der Waals surface area (Å²) in [5, 5.41) is 10.0. The van der Waals surface area contributed by atoms with Gasteiger partial charge < -0.3 is 5.32 Å². The van der Waals surface area contributed by atoms with Crippen molar-refractivity contribution in [2.24, 2.45) is 0 Å². The Morgan fingerprint density at radius 3 is 2.56 bits per heavy atom. The summed E-state index contributed by atoms with van der Waals surface area (Å²) >= 11 is 7.37. The van der Waals surface area contributed by atoms with Crippen molar-refractivity contribution >= 4 is 45.6 Å². The number of rotatable bonds is 5. The van der Waals surface area contributed by atoms with E-state index in [0.717, 1.165) is 16.5 Å². The van der Waals surface area contributed by atoms with Crippen LogP contribution < -0.4 is 5.32 Å². The van der Waals surface area contributed by atoms with Crippen LogP contribution in [0.2, 0.25) is 4.34 Å². The molecule has 0 radical (unpaired) electrons. The van der Waals surface area contributed by atoms with Gasteiger partial charge >= 0.3 is 0 Å². The summed E-state index contributed by atoms with van der Waals surface area (Å²) in [6.07, 6.45) is 0. The number of benzene rings is 2. The van der Waals surface area contributed by atoms with Gasteiger partial charge in [-0.3, -0.25) is 9.48 Å². The maximum absolute atomic E-state index is 12.7. The number of fused-ring (bicyclic) bond motifs is 1. The Kier molecular flexibility index (Phi) is 4.92. The maximum atomic E-state index is 12.7. The molecular weight excluding hydrogens is 385 g/mol. The minimum atomic E-state index is -0.480. The molecule has 4 nitrogen and oxygen atoms in total. The molecule has 0 spiro atoms. The minimum Gasteiger partial charge on any atom is -0.304 e. The SMILES string of the molecule is O=C(Nc1nn(Cc2ccc(CF)cc2)c2ccccc12)c1ccsc1Cl. The van der Waals surface area contributed by atoms with Gasteiger partial charge in [-0.15, -0.1) is 11.3 Å². The van der Waals surface area contributed by atoms with Crippen LogP contribution in [0.1, 0.15) is 21.5 Å². The fourth-order valence-corrected chi connectivity index (χ4v) is 3.79. The van der Waals surface area contributed by atoms with Crippen LogP contribution in [0.3, 0.4) is 0 Å². The summed E-state index contributed by atoms with van der Waals surface area (Å²) in [7, 11) is 0. The lowest BCUT2D eigenvalue weighted by Crippen LogP contribution is -2.12. The number of carbonyl (C=O) groups is 1. The summed E-state index contributed by atoms with van der Waals surface area (Å²) in [4.78, 5) is 12.5. The normalized spacial score (nSPS) is 11.0. The van der Waals surface area contributed by atoms with Gasteiger partial charge in [0.15, 0.2) is 5.82 Å². The summed E-state index contributed by atoms with van der Waals surface area (Å²) in [6, 6.07) is 16.7. The molecule has 2 heterocycles. The molecule has 0 atom stereocenters. The number of amides is 1. The highest BCUT2D eigenvalue weighted by atomic mass is 35.5. The minimum absolute atomic E-state index is 0.288. The van der Waals surface area contributed by atoms with Gasteiger partial charge in [-0.2, -0.15) is 5.10 Å². The van der Waals surface area contributed by atoms with Crippen LogP contribution in [0, 0.1) is 0 Å². The molecule has 136 valence electrons. The van der Waals surface area contributed by atoms with Gasteiger partial charge in [-0.25, -0.2) is 4.39 Å². The van der Waals surface area contributed by atoms with E-state index in [0.29, 0.717) is 27.8 Å². The van der Waals surface area contributed by atoms with Gasteiger partial charge in [0, 0.05) is 5.39 Å². The van der Waals surface area contributed by atoms with Crippen LogP contribution in [-0.2, 0) is 13.2 Å². The molecule has 0 aliphatic heterocycles. The van der Waals surface area contributed by atoms with E-state index in [-0.39, 0.29) is 5.91 Å². The fourth-order valence-electron chi connectivity index (χ4n) is 2.88. The molecule has 0 aliphatic rings. The van der Waals surface area contributed by atoms with E-state index in [1.54, 1.807) is 23.6 Å². The molecule has 0 fully saturated rings. The molecule has 1 N–H and O–H groups in total. The number of alkyl halides is 1. The largest absolute Gasteiger partial charge is 0.304 e. The predicted octanol–water partition coefficient (Wildman–Crippen LogP) is 5.52. The predicted molar refractivity (Wildman–Crippen MR) is 107 cm³/mol. The first kappa shape index (κ1) is 17.7. The van der Waals surface area contributed by atoms with Crippen LogP contribution in [0.25, 0.3) is 10.9 Å². The summed E-state index contributed by atoms with van der Waals surface area (Å²) in [5.74, 6) is 0.196. The zero-order valence-corrected chi connectivity index (χ0v) is 15.7. The molecule has 7 heteroatoms.